The summed E-state index contributed by atoms with van der Waals surface area (Å²) < 4.78 is 5.77. The summed E-state index contributed by atoms with van der Waals surface area (Å²) in [4.78, 5) is 24.2. The Morgan fingerprint density at radius 3 is 2.71 bits per heavy atom. The summed E-state index contributed by atoms with van der Waals surface area (Å²) in [7, 11) is 0. The number of nitrogens with two attached hydrogens (primary N) is 1. The van der Waals surface area contributed by atoms with Crippen LogP contribution in [0.15, 0.2) is 40.9 Å². The van der Waals surface area contributed by atoms with E-state index in [9.17, 15) is 9.59 Å². The summed E-state index contributed by atoms with van der Waals surface area (Å²) >= 11 is 3.27. The fourth-order valence-electron chi connectivity index (χ4n) is 2.29. The maximum absolute atomic E-state index is 12.1. The maximum atomic E-state index is 12.1. The molecule has 1 amide bonds. The number of halogens is 1. The molecule has 0 aliphatic heterocycles. The van der Waals surface area contributed by atoms with E-state index in [1.54, 1.807) is 18.2 Å². The third-order valence-corrected chi connectivity index (χ3v) is 4.07. The molecule has 0 fully saturated rings. The molecule has 0 saturated carbocycles. The highest BCUT2D eigenvalue weighted by molar-refractivity contribution is 9.10. The van der Waals surface area contributed by atoms with Gasteiger partial charge >= 0.3 is 5.97 Å². The lowest BCUT2D eigenvalue weighted by molar-refractivity contribution is -0.119. The SMILES string of the molecule is CCc1cccc(C)c1NC(=O)COC(=O)c1cc(Br)ccc1N. The van der Waals surface area contributed by atoms with Gasteiger partial charge in [-0.05, 0) is 42.7 Å². The van der Waals surface area contributed by atoms with Crippen molar-refractivity contribution in [3.63, 3.8) is 0 Å². The van der Waals surface area contributed by atoms with Crippen molar-refractivity contribution in [2.24, 2.45) is 0 Å². The van der Waals surface area contributed by atoms with Gasteiger partial charge in [0, 0.05) is 15.8 Å². The fourth-order valence-corrected chi connectivity index (χ4v) is 2.65. The Labute approximate surface area is 149 Å². The molecule has 2 aromatic rings. The number of rotatable bonds is 5. The summed E-state index contributed by atoms with van der Waals surface area (Å²) in [5.74, 6) is -1.02. The van der Waals surface area contributed by atoms with Crippen LogP contribution in [0.25, 0.3) is 0 Å². The minimum Gasteiger partial charge on any atom is -0.452 e. The molecule has 0 radical (unpaired) electrons. The fraction of sp³-hybridized carbons (Fsp3) is 0.222. The molecule has 0 saturated heterocycles. The van der Waals surface area contributed by atoms with Crippen LogP contribution in [0.5, 0.6) is 0 Å². The molecule has 0 spiro atoms. The summed E-state index contributed by atoms with van der Waals surface area (Å²) in [6.45, 7) is 3.56. The second-order valence-electron chi connectivity index (χ2n) is 5.32. The number of hydrogen-bond acceptors (Lipinski definition) is 4. The Hall–Kier alpha value is -2.34. The Balaban J connectivity index is 2.01. The van der Waals surface area contributed by atoms with Crippen molar-refractivity contribution in [1.82, 2.24) is 0 Å². The van der Waals surface area contributed by atoms with Crippen LogP contribution in [0.2, 0.25) is 0 Å². The molecule has 0 aliphatic rings. The van der Waals surface area contributed by atoms with Gasteiger partial charge in [-0.2, -0.15) is 0 Å². The summed E-state index contributed by atoms with van der Waals surface area (Å²) in [5.41, 5.74) is 9.04. The number of benzene rings is 2. The monoisotopic (exact) mass is 390 g/mol. The van der Waals surface area contributed by atoms with Crippen molar-refractivity contribution in [3.8, 4) is 0 Å². The third kappa shape index (κ3) is 4.35. The zero-order valence-corrected chi connectivity index (χ0v) is 15.1. The van der Waals surface area contributed by atoms with Crippen LogP contribution in [-0.2, 0) is 16.0 Å². The minimum absolute atomic E-state index is 0.224. The average Bonchev–Trinajstić information content (AvgIpc) is 2.56. The van der Waals surface area contributed by atoms with E-state index in [1.807, 2.05) is 32.0 Å². The molecule has 0 aromatic heterocycles. The van der Waals surface area contributed by atoms with Crippen molar-refractivity contribution in [2.75, 3.05) is 17.7 Å². The first-order valence-corrected chi connectivity index (χ1v) is 8.32. The highest BCUT2D eigenvalue weighted by Crippen LogP contribution is 2.21. The van der Waals surface area contributed by atoms with Crippen molar-refractivity contribution >= 4 is 39.2 Å². The number of ether oxygens (including phenoxy) is 1. The normalized spacial score (nSPS) is 10.3. The lowest BCUT2D eigenvalue weighted by Gasteiger charge is -2.13. The van der Waals surface area contributed by atoms with E-state index in [2.05, 4.69) is 21.2 Å². The number of carbonyl (C=O) groups is 2. The Kier molecular flexibility index (Phi) is 5.98. The predicted molar refractivity (Wildman–Crippen MR) is 98.0 cm³/mol. The molecule has 6 heteroatoms. The van der Waals surface area contributed by atoms with Gasteiger partial charge in [0.15, 0.2) is 6.61 Å². The number of nitrogens with one attached hydrogen (secondary N) is 1. The molecule has 3 N–H and O–H groups in total. The molecule has 5 nitrogen and oxygen atoms in total. The van der Waals surface area contributed by atoms with Gasteiger partial charge in [-0.1, -0.05) is 41.1 Å². The van der Waals surface area contributed by atoms with Crippen LogP contribution >= 0.6 is 15.9 Å². The second-order valence-corrected chi connectivity index (χ2v) is 6.23. The topological polar surface area (TPSA) is 81.4 Å². The van der Waals surface area contributed by atoms with E-state index in [4.69, 9.17) is 10.5 Å². The van der Waals surface area contributed by atoms with E-state index >= 15 is 0 Å². The van der Waals surface area contributed by atoms with Crippen molar-refractivity contribution < 1.29 is 14.3 Å². The van der Waals surface area contributed by atoms with E-state index in [1.165, 1.54) is 0 Å². The molecule has 24 heavy (non-hydrogen) atoms. The van der Waals surface area contributed by atoms with Crippen LogP contribution in [0.4, 0.5) is 11.4 Å². The van der Waals surface area contributed by atoms with Crippen LogP contribution < -0.4 is 11.1 Å². The van der Waals surface area contributed by atoms with E-state index in [-0.39, 0.29) is 18.1 Å². The minimum atomic E-state index is -0.635. The van der Waals surface area contributed by atoms with Gasteiger partial charge in [-0.25, -0.2) is 4.79 Å². The Morgan fingerprint density at radius 1 is 1.25 bits per heavy atom. The number of hydrogen-bond donors (Lipinski definition) is 2. The zero-order chi connectivity index (χ0) is 17.7. The highest BCUT2D eigenvalue weighted by atomic mass is 79.9. The lowest BCUT2D eigenvalue weighted by Crippen LogP contribution is -2.22. The van der Waals surface area contributed by atoms with Gasteiger partial charge in [0.1, 0.15) is 0 Å². The first-order chi connectivity index (χ1) is 11.4. The Bertz CT molecular complexity index is 775. The first-order valence-electron chi connectivity index (χ1n) is 7.52. The van der Waals surface area contributed by atoms with Gasteiger partial charge < -0.3 is 15.8 Å². The Morgan fingerprint density at radius 2 is 2.00 bits per heavy atom. The zero-order valence-electron chi connectivity index (χ0n) is 13.6. The molecule has 0 bridgehead atoms. The number of amides is 1. The van der Waals surface area contributed by atoms with Gasteiger partial charge in [-0.3, -0.25) is 4.79 Å². The van der Waals surface area contributed by atoms with Crippen LogP contribution in [-0.4, -0.2) is 18.5 Å². The number of esters is 1. The van der Waals surface area contributed by atoms with Gasteiger partial charge in [0.25, 0.3) is 5.91 Å². The number of anilines is 2. The third-order valence-electron chi connectivity index (χ3n) is 3.57. The van der Waals surface area contributed by atoms with Crippen LogP contribution in [0.3, 0.4) is 0 Å². The smallest absolute Gasteiger partial charge is 0.340 e. The van der Waals surface area contributed by atoms with Gasteiger partial charge in [0.05, 0.1) is 5.56 Å². The molecule has 2 aromatic carbocycles. The van der Waals surface area contributed by atoms with Gasteiger partial charge in [-0.15, -0.1) is 0 Å². The number of nitrogen functional groups attached to an aromatic ring is 1. The number of para-hydroxylation sites is 1. The maximum Gasteiger partial charge on any atom is 0.340 e. The standard InChI is InChI=1S/C18H19BrN2O3/c1-3-12-6-4-5-11(2)17(12)21-16(22)10-24-18(23)14-9-13(19)7-8-15(14)20/h4-9H,3,10,20H2,1-2H3,(H,21,22). The lowest BCUT2D eigenvalue weighted by atomic mass is 10.1. The van der Waals surface area contributed by atoms with Crippen molar-refractivity contribution in [3.05, 3.63) is 57.6 Å². The average molecular weight is 391 g/mol. The second kappa shape index (κ2) is 7.97. The molecule has 2 rings (SSSR count). The highest BCUT2D eigenvalue weighted by Gasteiger charge is 2.15. The number of aryl methyl sites for hydroxylation is 2. The van der Waals surface area contributed by atoms with E-state index in [0.29, 0.717) is 10.2 Å². The summed E-state index contributed by atoms with van der Waals surface area (Å²) in [6.07, 6.45) is 0.797. The molecule has 126 valence electrons. The number of carbonyl (C=O) groups excluding carboxylic acids is 2. The van der Waals surface area contributed by atoms with E-state index < -0.39 is 5.97 Å². The molecule has 0 aliphatic carbocycles. The van der Waals surface area contributed by atoms with E-state index in [0.717, 1.165) is 23.2 Å². The summed E-state index contributed by atoms with van der Waals surface area (Å²) in [6, 6.07) is 10.7. The first kappa shape index (κ1) is 18.0. The quantitative estimate of drug-likeness (QED) is 0.602. The molecular weight excluding hydrogens is 372 g/mol. The van der Waals surface area contributed by atoms with Crippen molar-refractivity contribution in [2.45, 2.75) is 20.3 Å². The van der Waals surface area contributed by atoms with Crippen molar-refractivity contribution in [1.29, 1.82) is 0 Å². The van der Waals surface area contributed by atoms with Crippen LogP contribution in [0.1, 0.15) is 28.4 Å². The molecule has 0 heterocycles. The van der Waals surface area contributed by atoms with Crippen LogP contribution in [0, 0.1) is 6.92 Å². The van der Waals surface area contributed by atoms with Gasteiger partial charge in [0.2, 0.25) is 0 Å². The summed E-state index contributed by atoms with van der Waals surface area (Å²) in [5, 5.41) is 2.81. The largest absolute Gasteiger partial charge is 0.452 e. The molecule has 0 atom stereocenters. The molecular formula is C18H19BrN2O3. The molecule has 0 unspecified atom stereocenters. The predicted octanol–water partition coefficient (Wildman–Crippen LogP) is 3.70.